The molecule has 0 amide bonds. The summed E-state index contributed by atoms with van der Waals surface area (Å²) in [5, 5.41) is 10.2. The normalized spacial score (nSPS) is 28.6. The van der Waals surface area contributed by atoms with Crippen molar-refractivity contribution in [2.24, 2.45) is 0 Å². The summed E-state index contributed by atoms with van der Waals surface area (Å²) in [6, 6.07) is 4.50. The van der Waals surface area contributed by atoms with E-state index >= 15 is 0 Å². The zero-order chi connectivity index (χ0) is 11.8. The average molecular weight is 226 g/mol. The lowest BCUT2D eigenvalue weighted by molar-refractivity contribution is -0.134. The molecule has 0 saturated heterocycles. The first-order valence-electron chi connectivity index (χ1n) is 5.18. The van der Waals surface area contributed by atoms with Gasteiger partial charge < -0.3 is 14.6 Å². The lowest BCUT2D eigenvalue weighted by Gasteiger charge is -2.43. The van der Waals surface area contributed by atoms with E-state index in [1.54, 1.807) is 19.2 Å². The van der Waals surface area contributed by atoms with Gasteiger partial charge in [-0.3, -0.25) is 0 Å². The molecule has 0 spiro atoms. The number of hydrogen-bond acceptors (Lipinski definition) is 3. The summed E-state index contributed by atoms with van der Waals surface area (Å²) in [5.41, 5.74) is -0.765. The van der Waals surface area contributed by atoms with Crippen LogP contribution < -0.4 is 4.74 Å². The van der Waals surface area contributed by atoms with Crippen LogP contribution in [0.1, 0.15) is 18.4 Å². The fraction of sp³-hybridized carbons (Fsp3) is 0.500. The van der Waals surface area contributed by atoms with Gasteiger partial charge in [-0.25, -0.2) is 4.39 Å². The van der Waals surface area contributed by atoms with E-state index in [0.29, 0.717) is 24.2 Å². The largest absolute Gasteiger partial charge is 0.497 e. The summed E-state index contributed by atoms with van der Waals surface area (Å²) in [6.45, 7) is 0. The van der Waals surface area contributed by atoms with E-state index in [-0.39, 0.29) is 6.10 Å². The number of rotatable bonds is 3. The molecule has 0 aliphatic heterocycles. The molecule has 0 atom stereocenters. The van der Waals surface area contributed by atoms with Crippen molar-refractivity contribution in [2.45, 2.75) is 24.5 Å². The van der Waals surface area contributed by atoms with Crippen LogP contribution in [-0.2, 0) is 10.3 Å². The quantitative estimate of drug-likeness (QED) is 0.854. The van der Waals surface area contributed by atoms with Crippen molar-refractivity contribution in [3.63, 3.8) is 0 Å². The van der Waals surface area contributed by atoms with Crippen LogP contribution in [0.2, 0.25) is 0 Å². The van der Waals surface area contributed by atoms with Crippen LogP contribution in [0.5, 0.6) is 5.75 Å². The lowest BCUT2D eigenvalue weighted by atomic mass is 9.72. The first-order valence-corrected chi connectivity index (χ1v) is 5.18. The second-order valence-electron chi connectivity index (χ2n) is 4.14. The van der Waals surface area contributed by atoms with Crippen molar-refractivity contribution in [1.29, 1.82) is 0 Å². The SMILES string of the molecule is COc1ccc(C2(O)CC(OC)C2)c(F)c1. The minimum Gasteiger partial charge on any atom is -0.497 e. The van der Waals surface area contributed by atoms with E-state index in [0.717, 1.165) is 0 Å². The molecule has 88 valence electrons. The molecule has 1 N–H and O–H groups in total. The topological polar surface area (TPSA) is 38.7 Å². The summed E-state index contributed by atoms with van der Waals surface area (Å²) in [6.07, 6.45) is 0.894. The molecule has 2 rings (SSSR count). The van der Waals surface area contributed by atoms with Gasteiger partial charge in [0, 0.05) is 31.6 Å². The first-order chi connectivity index (χ1) is 7.59. The number of halogens is 1. The van der Waals surface area contributed by atoms with E-state index in [2.05, 4.69) is 0 Å². The Morgan fingerprint density at radius 3 is 2.56 bits per heavy atom. The van der Waals surface area contributed by atoms with E-state index in [1.165, 1.54) is 13.2 Å². The standard InChI is InChI=1S/C12H15FO3/c1-15-8-3-4-10(11(13)5-8)12(14)6-9(7-12)16-2/h3-5,9,14H,6-7H2,1-2H3. The van der Waals surface area contributed by atoms with Crippen LogP contribution in [0.4, 0.5) is 4.39 Å². The van der Waals surface area contributed by atoms with E-state index in [1.807, 2.05) is 0 Å². The van der Waals surface area contributed by atoms with Crippen molar-refractivity contribution >= 4 is 0 Å². The molecule has 3 nitrogen and oxygen atoms in total. The zero-order valence-electron chi connectivity index (χ0n) is 9.37. The monoisotopic (exact) mass is 226 g/mol. The molecule has 1 fully saturated rings. The number of hydrogen-bond donors (Lipinski definition) is 1. The number of aliphatic hydroxyl groups is 1. The Labute approximate surface area is 93.8 Å². The summed E-state index contributed by atoms with van der Waals surface area (Å²) in [5.74, 6) is 0.0175. The molecule has 1 aromatic carbocycles. The van der Waals surface area contributed by atoms with Crippen LogP contribution >= 0.6 is 0 Å². The molecular formula is C12H15FO3. The molecule has 4 heteroatoms. The highest BCUT2D eigenvalue weighted by atomic mass is 19.1. The van der Waals surface area contributed by atoms with Gasteiger partial charge in [0.05, 0.1) is 18.8 Å². The minimum atomic E-state index is -1.09. The van der Waals surface area contributed by atoms with Crippen LogP contribution in [0.25, 0.3) is 0 Å². The van der Waals surface area contributed by atoms with Gasteiger partial charge in [-0.15, -0.1) is 0 Å². The Hall–Kier alpha value is -1.13. The fourth-order valence-electron chi connectivity index (χ4n) is 2.08. The van der Waals surface area contributed by atoms with Crippen LogP contribution in [0, 0.1) is 5.82 Å². The number of methoxy groups -OCH3 is 2. The highest BCUT2D eigenvalue weighted by Gasteiger charge is 2.45. The highest BCUT2D eigenvalue weighted by molar-refractivity contribution is 5.34. The second-order valence-corrected chi connectivity index (χ2v) is 4.14. The van der Waals surface area contributed by atoms with Crippen molar-refractivity contribution in [3.8, 4) is 5.75 Å². The number of ether oxygens (including phenoxy) is 2. The predicted octanol–water partition coefficient (Wildman–Crippen LogP) is 1.83. The summed E-state index contributed by atoms with van der Waals surface area (Å²) < 4.78 is 23.7. The van der Waals surface area contributed by atoms with Gasteiger partial charge in [-0.1, -0.05) is 0 Å². The number of benzene rings is 1. The Morgan fingerprint density at radius 1 is 1.38 bits per heavy atom. The third-order valence-corrected chi connectivity index (χ3v) is 3.14. The van der Waals surface area contributed by atoms with Gasteiger partial charge >= 0.3 is 0 Å². The van der Waals surface area contributed by atoms with Gasteiger partial charge in [0.2, 0.25) is 0 Å². The Balaban J connectivity index is 2.22. The maximum Gasteiger partial charge on any atom is 0.132 e. The van der Waals surface area contributed by atoms with Gasteiger partial charge in [0.25, 0.3) is 0 Å². The van der Waals surface area contributed by atoms with Crippen LogP contribution in [0.3, 0.4) is 0 Å². The van der Waals surface area contributed by atoms with Crippen molar-refractivity contribution in [2.75, 3.05) is 14.2 Å². The first kappa shape index (κ1) is 11.4. The maximum atomic E-state index is 13.7. The summed E-state index contributed by atoms with van der Waals surface area (Å²) in [7, 11) is 3.07. The molecule has 0 aromatic heterocycles. The highest BCUT2D eigenvalue weighted by Crippen LogP contribution is 2.44. The third-order valence-electron chi connectivity index (χ3n) is 3.14. The Kier molecular flexibility index (Phi) is 2.86. The lowest BCUT2D eigenvalue weighted by Crippen LogP contribution is -2.46. The maximum absolute atomic E-state index is 13.7. The van der Waals surface area contributed by atoms with E-state index in [4.69, 9.17) is 9.47 Å². The molecule has 16 heavy (non-hydrogen) atoms. The zero-order valence-corrected chi connectivity index (χ0v) is 9.37. The second kappa shape index (κ2) is 4.03. The molecule has 0 heterocycles. The summed E-state index contributed by atoms with van der Waals surface area (Å²) in [4.78, 5) is 0. The van der Waals surface area contributed by atoms with Gasteiger partial charge in [0.15, 0.2) is 0 Å². The van der Waals surface area contributed by atoms with Gasteiger partial charge in [0.1, 0.15) is 11.6 Å². The average Bonchev–Trinajstić information content (AvgIpc) is 2.24. The van der Waals surface area contributed by atoms with Gasteiger partial charge in [-0.05, 0) is 12.1 Å². The van der Waals surface area contributed by atoms with Crippen LogP contribution in [-0.4, -0.2) is 25.4 Å². The molecule has 0 radical (unpaired) electrons. The van der Waals surface area contributed by atoms with E-state index in [9.17, 15) is 9.50 Å². The Bertz CT molecular complexity index is 386. The molecular weight excluding hydrogens is 211 g/mol. The molecule has 1 saturated carbocycles. The van der Waals surface area contributed by atoms with Gasteiger partial charge in [-0.2, -0.15) is 0 Å². The summed E-state index contributed by atoms with van der Waals surface area (Å²) >= 11 is 0. The van der Waals surface area contributed by atoms with Crippen molar-refractivity contribution in [1.82, 2.24) is 0 Å². The minimum absolute atomic E-state index is 0.0199. The smallest absolute Gasteiger partial charge is 0.132 e. The third kappa shape index (κ3) is 1.79. The predicted molar refractivity (Wildman–Crippen MR) is 56.9 cm³/mol. The van der Waals surface area contributed by atoms with Crippen molar-refractivity contribution in [3.05, 3.63) is 29.6 Å². The van der Waals surface area contributed by atoms with Crippen molar-refractivity contribution < 1.29 is 19.0 Å². The fourth-order valence-corrected chi connectivity index (χ4v) is 2.08. The molecule has 1 aliphatic carbocycles. The molecule has 0 unspecified atom stereocenters. The molecule has 1 aliphatic rings. The molecule has 1 aromatic rings. The molecule has 0 bridgehead atoms. The van der Waals surface area contributed by atoms with E-state index < -0.39 is 11.4 Å². The van der Waals surface area contributed by atoms with Crippen LogP contribution in [0.15, 0.2) is 18.2 Å². The Morgan fingerprint density at radius 2 is 2.06 bits per heavy atom.